The Kier molecular flexibility index (Phi) is 4.91. The molecule has 0 aliphatic heterocycles. The molecule has 0 saturated carbocycles. The van der Waals surface area contributed by atoms with E-state index in [1.54, 1.807) is 6.07 Å². The lowest BCUT2D eigenvalue weighted by Gasteiger charge is -2.14. The highest BCUT2D eigenvalue weighted by atomic mass is 32.2. The van der Waals surface area contributed by atoms with E-state index < -0.39 is 21.4 Å². The molecule has 1 aromatic heterocycles. The summed E-state index contributed by atoms with van der Waals surface area (Å²) in [5.41, 5.74) is -3.77. The van der Waals surface area contributed by atoms with Gasteiger partial charge in [-0.15, -0.1) is 0 Å². The molecular weight excluding hydrogens is 487 g/mol. The van der Waals surface area contributed by atoms with Gasteiger partial charge in [0.1, 0.15) is 5.75 Å². The van der Waals surface area contributed by atoms with E-state index >= 15 is 0 Å². The standard InChI is InChI=1S/C28H16F3NO3S/c29-28(30,31)36(33,34)35-21-12-14-23-25(16-21)32-27(20-10-9-17-5-1-2-7-19(17)15-20)24-13-11-18-6-3-4-8-22(18)26(23)24/h1-16H. The molecule has 178 valence electrons. The number of aromatic nitrogens is 1. The summed E-state index contributed by atoms with van der Waals surface area (Å²) in [6.45, 7) is 0. The van der Waals surface area contributed by atoms with E-state index in [4.69, 9.17) is 4.98 Å². The van der Waals surface area contributed by atoms with Crippen molar-refractivity contribution in [3.8, 4) is 17.0 Å². The third-order valence-electron chi connectivity index (χ3n) is 6.17. The second-order valence-corrected chi connectivity index (χ2v) is 9.93. The Bertz CT molecular complexity index is 1930. The van der Waals surface area contributed by atoms with Gasteiger partial charge in [-0.05, 0) is 39.7 Å². The first-order chi connectivity index (χ1) is 17.2. The van der Waals surface area contributed by atoms with E-state index in [1.165, 1.54) is 12.1 Å². The van der Waals surface area contributed by atoms with E-state index in [2.05, 4.69) is 4.18 Å². The first kappa shape index (κ1) is 22.3. The molecular formula is C28H16F3NO3S. The summed E-state index contributed by atoms with van der Waals surface area (Å²) in [5, 5.41) is 6.41. The summed E-state index contributed by atoms with van der Waals surface area (Å²) in [4.78, 5) is 4.78. The quantitative estimate of drug-likeness (QED) is 0.142. The predicted molar refractivity (Wildman–Crippen MR) is 135 cm³/mol. The van der Waals surface area contributed by atoms with Crippen LogP contribution >= 0.6 is 0 Å². The van der Waals surface area contributed by atoms with Crippen molar-refractivity contribution in [2.75, 3.05) is 0 Å². The third-order valence-corrected chi connectivity index (χ3v) is 7.15. The molecule has 0 aliphatic carbocycles. The number of pyridine rings is 1. The number of hydrogen-bond acceptors (Lipinski definition) is 4. The SMILES string of the molecule is O=S(=O)(Oc1ccc2c(c1)nc(-c1ccc3ccccc3c1)c1ccc3ccccc3c12)C(F)(F)F. The highest BCUT2D eigenvalue weighted by Crippen LogP contribution is 2.39. The van der Waals surface area contributed by atoms with Crippen molar-refractivity contribution in [2.24, 2.45) is 0 Å². The molecule has 0 radical (unpaired) electrons. The summed E-state index contributed by atoms with van der Waals surface area (Å²) in [6, 6.07) is 29.6. The lowest BCUT2D eigenvalue weighted by Crippen LogP contribution is -2.28. The Balaban J connectivity index is 1.67. The molecule has 0 fully saturated rings. The fourth-order valence-electron chi connectivity index (χ4n) is 4.54. The average Bonchev–Trinajstić information content (AvgIpc) is 2.86. The lowest BCUT2D eigenvalue weighted by atomic mass is 9.94. The van der Waals surface area contributed by atoms with Crippen LogP contribution in [0.15, 0.2) is 97.1 Å². The fourth-order valence-corrected chi connectivity index (χ4v) is 4.99. The van der Waals surface area contributed by atoms with Gasteiger partial charge in [-0.3, -0.25) is 0 Å². The molecule has 5 aromatic carbocycles. The van der Waals surface area contributed by atoms with Crippen molar-refractivity contribution in [1.82, 2.24) is 4.98 Å². The van der Waals surface area contributed by atoms with Crippen molar-refractivity contribution in [1.29, 1.82) is 0 Å². The minimum Gasteiger partial charge on any atom is -0.376 e. The maximum absolute atomic E-state index is 12.9. The zero-order valence-electron chi connectivity index (χ0n) is 18.5. The number of fused-ring (bicyclic) bond motifs is 6. The van der Waals surface area contributed by atoms with Gasteiger partial charge in [0, 0.05) is 27.8 Å². The molecule has 0 saturated heterocycles. The number of halogens is 3. The van der Waals surface area contributed by atoms with Crippen molar-refractivity contribution in [2.45, 2.75) is 5.51 Å². The van der Waals surface area contributed by atoms with E-state index in [1.807, 2.05) is 78.9 Å². The Labute approximate surface area is 203 Å². The Morgan fingerprint density at radius 3 is 2.11 bits per heavy atom. The summed E-state index contributed by atoms with van der Waals surface area (Å²) in [6.07, 6.45) is 0. The second-order valence-electron chi connectivity index (χ2n) is 8.39. The van der Waals surface area contributed by atoms with E-state index in [-0.39, 0.29) is 0 Å². The molecule has 6 aromatic rings. The smallest absolute Gasteiger partial charge is 0.376 e. The fraction of sp³-hybridized carbons (Fsp3) is 0.0357. The zero-order chi connectivity index (χ0) is 25.1. The summed E-state index contributed by atoms with van der Waals surface area (Å²) >= 11 is 0. The molecule has 0 aliphatic rings. The van der Waals surface area contributed by atoms with E-state index in [9.17, 15) is 21.6 Å². The van der Waals surface area contributed by atoms with Crippen LogP contribution in [0.1, 0.15) is 0 Å². The minimum absolute atomic E-state index is 0.317. The molecule has 0 amide bonds. The Hall–Kier alpha value is -4.17. The first-order valence-corrected chi connectivity index (χ1v) is 12.4. The van der Waals surface area contributed by atoms with Crippen LogP contribution in [0.25, 0.3) is 54.5 Å². The molecule has 1 heterocycles. The second kappa shape index (κ2) is 7.93. The highest BCUT2D eigenvalue weighted by molar-refractivity contribution is 7.88. The van der Waals surface area contributed by atoms with Crippen LogP contribution in [0.5, 0.6) is 5.75 Å². The van der Waals surface area contributed by atoms with Crippen LogP contribution in [0.4, 0.5) is 13.2 Å². The molecule has 0 bridgehead atoms. The van der Waals surface area contributed by atoms with Crippen LogP contribution in [0.2, 0.25) is 0 Å². The van der Waals surface area contributed by atoms with Crippen LogP contribution in [0.3, 0.4) is 0 Å². The largest absolute Gasteiger partial charge is 0.534 e. The van der Waals surface area contributed by atoms with Gasteiger partial charge < -0.3 is 4.18 Å². The van der Waals surface area contributed by atoms with Gasteiger partial charge in [0.25, 0.3) is 0 Å². The van der Waals surface area contributed by atoms with Crippen LogP contribution in [-0.2, 0) is 10.1 Å². The molecule has 4 nitrogen and oxygen atoms in total. The summed E-state index contributed by atoms with van der Waals surface area (Å²) in [7, 11) is -5.81. The molecule has 36 heavy (non-hydrogen) atoms. The molecule has 6 rings (SSSR count). The topological polar surface area (TPSA) is 56.3 Å². The number of benzene rings is 5. The maximum Gasteiger partial charge on any atom is 0.534 e. The van der Waals surface area contributed by atoms with Gasteiger partial charge in [-0.1, -0.05) is 72.8 Å². The lowest BCUT2D eigenvalue weighted by molar-refractivity contribution is -0.0500. The third kappa shape index (κ3) is 3.61. The highest BCUT2D eigenvalue weighted by Gasteiger charge is 2.48. The van der Waals surface area contributed by atoms with Crippen LogP contribution < -0.4 is 4.18 Å². The van der Waals surface area contributed by atoms with Crippen LogP contribution in [-0.4, -0.2) is 18.9 Å². The molecule has 0 unspecified atom stereocenters. The van der Waals surface area contributed by atoms with E-state index in [0.29, 0.717) is 16.6 Å². The average molecular weight is 504 g/mol. The first-order valence-electron chi connectivity index (χ1n) is 11.0. The number of alkyl halides is 3. The summed E-state index contributed by atoms with van der Waals surface area (Å²) in [5.74, 6) is -0.462. The van der Waals surface area contributed by atoms with Gasteiger partial charge in [-0.2, -0.15) is 21.6 Å². The number of rotatable bonds is 3. The summed E-state index contributed by atoms with van der Waals surface area (Å²) < 4.78 is 66.3. The predicted octanol–water partition coefficient (Wildman–Crippen LogP) is 7.59. The van der Waals surface area contributed by atoms with Crippen molar-refractivity contribution >= 4 is 53.3 Å². The van der Waals surface area contributed by atoms with Gasteiger partial charge in [-0.25, -0.2) is 4.98 Å². The van der Waals surface area contributed by atoms with Gasteiger partial charge >= 0.3 is 15.6 Å². The van der Waals surface area contributed by atoms with Gasteiger partial charge in [0.05, 0.1) is 11.2 Å². The van der Waals surface area contributed by atoms with Gasteiger partial charge in [0.15, 0.2) is 0 Å². The molecule has 0 N–H and O–H groups in total. The van der Waals surface area contributed by atoms with Crippen molar-refractivity contribution < 1.29 is 25.8 Å². The number of nitrogens with zero attached hydrogens (tertiary/aromatic N) is 1. The van der Waals surface area contributed by atoms with E-state index in [0.717, 1.165) is 37.9 Å². The maximum atomic E-state index is 12.9. The normalized spacial score (nSPS) is 12.5. The Morgan fingerprint density at radius 2 is 1.33 bits per heavy atom. The molecule has 0 spiro atoms. The van der Waals surface area contributed by atoms with Gasteiger partial charge in [0.2, 0.25) is 0 Å². The van der Waals surface area contributed by atoms with Crippen molar-refractivity contribution in [3.05, 3.63) is 97.1 Å². The molecule has 8 heteroatoms. The van der Waals surface area contributed by atoms with Crippen LogP contribution in [0, 0.1) is 0 Å². The Morgan fingerprint density at radius 1 is 0.667 bits per heavy atom. The monoisotopic (exact) mass is 503 g/mol. The molecule has 0 atom stereocenters. The zero-order valence-corrected chi connectivity index (χ0v) is 19.3. The number of hydrogen-bond donors (Lipinski definition) is 0. The minimum atomic E-state index is -5.81. The van der Waals surface area contributed by atoms with Crippen molar-refractivity contribution in [3.63, 3.8) is 0 Å².